The van der Waals surface area contributed by atoms with Gasteiger partial charge < -0.3 is 24.4 Å². The van der Waals surface area contributed by atoms with Gasteiger partial charge in [0.1, 0.15) is 23.6 Å². The molecule has 0 saturated carbocycles. The van der Waals surface area contributed by atoms with Crippen molar-refractivity contribution in [3.05, 3.63) is 57.5 Å². The molecule has 2 unspecified atom stereocenters. The van der Waals surface area contributed by atoms with Gasteiger partial charge in [0, 0.05) is 5.56 Å². The second kappa shape index (κ2) is 9.18. The number of carbonyl (C=O) groups is 2. The molecule has 1 saturated heterocycles. The van der Waals surface area contributed by atoms with Crippen LogP contribution in [0.3, 0.4) is 0 Å². The lowest BCUT2D eigenvalue weighted by Crippen LogP contribution is -2.36. The number of hydrogen-bond donors (Lipinski definition) is 1. The Morgan fingerprint density at radius 1 is 1.11 bits per heavy atom. The van der Waals surface area contributed by atoms with E-state index in [1.165, 1.54) is 4.90 Å². The Bertz CT molecular complexity index is 1400. The molecule has 1 N–H and O–H groups in total. The smallest absolute Gasteiger partial charge is 0.410 e. The van der Waals surface area contributed by atoms with Gasteiger partial charge in [0.05, 0.1) is 53.8 Å². The monoisotopic (exact) mass is 527 g/mol. The fraction of sp³-hybridized carbons (Fsp3) is 0.462. The topological polar surface area (TPSA) is 110 Å². The van der Waals surface area contributed by atoms with Crippen molar-refractivity contribution in [1.29, 1.82) is 0 Å². The predicted molar refractivity (Wildman–Crippen MR) is 136 cm³/mol. The zero-order valence-corrected chi connectivity index (χ0v) is 22.2. The normalized spacial score (nSPS) is 19.4. The van der Waals surface area contributed by atoms with Gasteiger partial charge in [0.2, 0.25) is 0 Å². The number of ether oxygens (including phenoxy) is 2. The van der Waals surface area contributed by atoms with Crippen LogP contribution in [0.4, 0.5) is 4.79 Å². The van der Waals surface area contributed by atoms with E-state index in [9.17, 15) is 14.7 Å². The Morgan fingerprint density at radius 3 is 2.57 bits per heavy atom. The number of amides is 2. The predicted octanol–water partition coefficient (Wildman–Crippen LogP) is 3.51. The van der Waals surface area contributed by atoms with Crippen LogP contribution in [-0.2, 0) is 17.8 Å². The number of rotatable bonds is 3. The highest BCUT2D eigenvalue weighted by Crippen LogP contribution is 2.32. The summed E-state index contributed by atoms with van der Waals surface area (Å²) in [7, 11) is 0. The van der Waals surface area contributed by atoms with Crippen LogP contribution in [0.5, 0.6) is 5.75 Å². The minimum Gasteiger partial charge on any atom is -0.485 e. The Kier molecular flexibility index (Phi) is 6.27. The number of β-amino-alcohol motifs (C(OH)–C–C–N with tert-alkyl or cyclic N) is 1. The van der Waals surface area contributed by atoms with Crippen LogP contribution in [0.25, 0.3) is 5.65 Å². The quantitative estimate of drug-likeness (QED) is 0.555. The summed E-state index contributed by atoms with van der Waals surface area (Å²) in [5, 5.41) is 15.8. The molecular formula is C26H30ClN5O5. The van der Waals surface area contributed by atoms with Crippen LogP contribution < -0.4 is 4.74 Å². The van der Waals surface area contributed by atoms with Gasteiger partial charge >= 0.3 is 6.09 Å². The highest BCUT2D eigenvalue weighted by molar-refractivity contribution is 6.31. The van der Waals surface area contributed by atoms with Crippen molar-refractivity contribution in [2.24, 2.45) is 0 Å². The molecule has 0 radical (unpaired) electrons. The zero-order valence-electron chi connectivity index (χ0n) is 21.5. The lowest BCUT2D eigenvalue weighted by atomic mass is 10.1. The first-order valence-electron chi connectivity index (χ1n) is 12.2. The van der Waals surface area contributed by atoms with Crippen LogP contribution >= 0.6 is 11.6 Å². The number of aromatic nitrogens is 3. The van der Waals surface area contributed by atoms with Gasteiger partial charge in [-0.2, -0.15) is 5.10 Å². The average molecular weight is 528 g/mol. The van der Waals surface area contributed by atoms with E-state index in [0.29, 0.717) is 40.8 Å². The van der Waals surface area contributed by atoms with Gasteiger partial charge in [-0.3, -0.25) is 4.79 Å². The lowest BCUT2D eigenvalue weighted by Gasteiger charge is -2.24. The molecule has 2 aromatic heterocycles. The maximum absolute atomic E-state index is 13.6. The van der Waals surface area contributed by atoms with Crippen molar-refractivity contribution < 1.29 is 24.2 Å². The number of likely N-dealkylation sites (tertiary alicyclic amines) is 1. The maximum atomic E-state index is 13.6. The van der Waals surface area contributed by atoms with Gasteiger partial charge in [0.25, 0.3) is 5.91 Å². The summed E-state index contributed by atoms with van der Waals surface area (Å²) in [5.74, 6) is 0.128. The molecule has 2 aliphatic heterocycles. The van der Waals surface area contributed by atoms with Gasteiger partial charge in [-0.05, 0) is 46.8 Å². The number of fused-ring (bicyclic) bond motifs is 3. The van der Waals surface area contributed by atoms with Crippen LogP contribution in [-0.4, -0.2) is 72.4 Å². The molecular weight excluding hydrogens is 498 g/mol. The number of aryl methyl sites for hydroxylation is 2. The first-order chi connectivity index (χ1) is 17.4. The molecule has 10 nitrogen and oxygen atoms in total. The summed E-state index contributed by atoms with van der Waals surface area (Å²) >= 11 is 6.34. The van der Waals surface area contributed by atoms with Crippen molar-refractivity contribution in [3.8, 4) is 5.75 Å². The average Bonchev–Trinajstić information content (AvgIpc) is 3.50. The number of para-hydroxylation sites is 1. The van der Waals surface area contributed by atoms with Gasteiger partial charge in [-0.25, -0.2) is 14.3 Å². The second-order valence-corrected chi connectivity index (χ2v) is 10.9. The number of aliphatic hydroxyl groups excluding tert-OH is 1. The number of benzene rings is 1. The van der Waals surface area contributed by atoms with Crippen molar-refractivity contribution in [1.82, 2.24) is 24.4 Å². The molecule has 37 heavy (non-hydrogen) atoms. The maximum Gasteiger partial charge on any atom is 0.410 e. The van der Waals surface area contributed by atoms with Crippen LogP contribution in [0, 0.1) is 13.8 Å². The highest BCUT2D eigenvalue weighted by atomic mass is 35.5. The van der Waals surface area contributed by atoms with E-state index in [0.717, 1.165) is 17.0 Å². The molecule has 196 valence electrons. The van der Waals surface area contributed by atoms with Crippen molar-refractivity contribution in [2.45, 2.75) is 65.5 Å². The Labute approximate surface area is 219 Å². The van der Waals surface area contributed by atoms with Crippen molar-refractivity contribution in [2.75, 3.05) is 13.1 Å². The number of halogens is 1. The molecule has 0 spiro atoms. The number of nitrogens with zero attached hydrogens (tertiary/aromatic N) is 5. The molecule has 4 heterocycles. The van der Waals surface area contributed by atoms with E-state index in [-0.39, 0.29) is 19.0 Å². The number of aliphatic hydroxyl groups is 1. The molecule has 2 atom stereocenters. The summed E-state index contributed by atoms with van der Waals surface area (Å²) in [6.07, 6.45) is -2.12. The van der Waals surface area contributed by atoms with Crippen molar-refractivity contribution >= 4 is 29.2 Å². The van der Waals surface area contributed by atoms with Crippen LogP contribution in [0.15, 0.2) is 24.3 Å². The minimum absolute atomic E-state index is 0.0902. The van der Waals surface area contributed by atoms with E-state index in [1.807, 2.05) is 13.8 Å². The Balaban J connectivity index is 1.33. The molecule has 2 aliphatic rings. The summed E-state index contributed by atoms with van der Waals surface area (Å²) in [6.45, 7) is 10.0. The molecule has 1 aromatic carbocycles. The van der Waals surface area contributed by atoms with Gasteiger partial charge in [0.15, 0.2) is 5.65 Å². The summed E-state index contributed by atoms with van der Waals surface area (Å²) < 4.78 is 13.2. The fourth-order valence-corrected chi connectivity index (χ4v) is 4.81. The first kappa shape index (κ1) is 25.3. The first-order valence-corrected chi connectivity index (χ1v) is 12.5. The fourth-order valence-electron chi connectivity index (χ4n) is 4.68. The Morgan fingerprint density at radius 2 is 1.84 bits per heavy atom. The molecule has 0 aliphatic carbocycles. The van der Waals surface area contributed by atoms with Crippen LogP contribution in [0.2, 0.25) is 5.02 Å². The third-order valence-electron chi connectivity index (χ3n) is 6.53. The molecule has 5 rings (SSSR count). The van der Waals surface area contributed by atoms with E-state index in [1.54, 1.807) is 54.5 Å². The van der Waals surface area contributed by atoms with Gasteiger partial charge in [-0.15, -0.1) is 0 Å². The number of hydrogen-bond acceptors (Lipinski definition) is 7. The van der Waals surface area contributed by atoms with E-state index >= 15 is 0 Å². The van der Waals surface area contributed by atoms with E-state index in [2.05, 4.69) is 10.1 Å². The summed E-state index contributed by atoms with van der Waals surface area (Å²) in [6, 6.07) is 6.92. The van der Waals surface area contributed by atoms with Gasteiger partial charge in [-0.1, -0.05) is 23.7 Å². The largest absolute Gasteiger partial charge is 0.485 e. The second-order valence-electron chi connectivity index (χ2n) is 10.5. The van der Waals surface area contributed by atoms with Crippen molar-refractivity contribution in [3.63, 3.8) is 0 Å². The SMILES string of the molecule is Cc1nc2c3c(nn2c(C)c1Cl)CN(C(=O)c1ccccc1OC1CN(C(=O)OC(C)(C)C)CC1O)C3. The third-order valence-corrected chi connectivity index (χ3v) is 7.07. The summed E-state index contributed by atoms with van der Waals surface area (Å²) in [4.78, 5) is 33.7. The highest BCUT2D eigenvalue weighted by Gasteiger charge is 2.39. The molecule has 11 heteroatoms. The Hall–Kier alpha value is -3.37. The number of carbonyl (C=O) groups excluding carboxylic acids is 2. The third kappa shape index (κ3) is 4.71. The molecule has 1 fully saturated rings. The molecule has 2 amide bonds. The van der Waals surface area contributed by atoms with E-state index < -0.39 is 23.9 Å². The van der Waals surface area contributed by atoms with Crippen LogP contribution in [0.1, 0.15) is 53.8 Å². The lowest BCUT2D eigenvalue weighted by molar-refractivity contribution is 0.0268. The standard InChI is InChI=1S/C26H30ClN5O5/c1-14-22(27)15(2)32-23(28-14)17-10-30(11-18(17)29-32)24(34)16-8-6-7-9-20(16)36-21-13-31(12-19(21)33)25(35)37-26(3,4)5/h6-9,19,21,33H,10-13H2,1-5H3. The molecule has 3 aromatic rings. The van der Waals surface area contributed by atoms with E-state index in [4.69, 9.17) is 21.1 Å². The zero-order chi connectivity index (χ0) is 26.6. The summed E-state index contributed by atoms with van der Waals surface area (Å²) in [5.41, 5.74) is 3.63. The minimum atomic E-state index is -0.912. The molecule has 0 bridgehead atoms.